The monoisotopic (exact) mass is 421 g/mol. The molecule has 0 bridgehead atoms. The van der Waals surface area contributed by atoms with Gasteiger partial charge in [-0.05, 0) is 29.3 Å². The lowest BCUT2D eigenvalue weighted by Gasteiger charge is -2.49. The van der Waals surface area contributed by atoms with Gasteiger partial charge >= 0.3 is 0 Å². The van der Waals surface area contributed by atoms with Gasteiger partial charge in [0.2, 0.25) is 6.79 Å². The van der Waals surface area contributed by atoms with Crippen LogP contribution in [-0.4, -0.2) is 51.2 Å². The van der Waals surface area contributed by atoms with Crippen LogP contribution in [0.2, 0.25) is 0 Å². The molecular weight excluding hydrogens is 402 g/mol. The van der Waals surface area contributed by atoms with Crippen LogP contribution in [0.4, 0.5) is 0 Å². The van der Waals surface area contributed by atoms with E-state index in [1.54, 1.807) is 0 Å². The summed E-state index contributed by atoms with van der Waals surface area (Å²) in [6.07, 6.45) is 0.851. The highest BCUT2D eigenvalue weighted by Gasteiger charge is 2.44. The zero-order valence-electron chi connectivity index (χ0n) is 15.8. The van der Waals surface area contributed by atoms with E-state index in [1.807, 2.05) is 13.1 Å². The van der Waals surface area contributed by atoms with E-state index in [0.717, 1.165) is 39.0 Å². The summed E-state index contributed by atoms with van der Waals surface area (Å²) in [6, 6.07) is 14.7. The van der Waals surface area contributed by atoms with E-state index in [9.17, 15) is 0 Å². The van der Waals surface area contributed by atoms with Crippen LogP contribution in [-0.2, 0) is 6.42 Å². The molecular formula is C22H19N3O2S2. The summed E-state index contributed by atoms with van der Waals surface area (Å²) >= 11 is 11.7. The Morgan fingerprint density at radius 1 is 1.07 bits per heavy atom. The highest BCUT2D eigenvalue weighted by atomic mass is 32.1. The number of aromatic nitrogens is 1. The second-order valence-electron chi connectivity index (χ2n) is 7.79. The van der Waals surface area contributed by atoms with Crippen molar-refractivity contribution in [3.8, 4) is 11.5 Å². The Bertz CT molecular complexity index is 1190. The van der Waals surface area contributed by atoms with Crippen LogP contribution in [0, 0.1) is 0 Å². The second kappa shape index (κ2) is 6.18. The van der Waals surface area contributed by atoms with Gasteiger partial charge in [-0.1, -0.05) is 48.7 Å². The van der Waals surface area contributed by atoms with Gasteiger partial charge in [0, 0.05) is 30.1 Å². The van der Waals surface area contributed by atoms with Crippen molar-refractivity contribution < 1.29 is 9.47 Å². The molecule has 4 heterocycles. The number of benzene rings is 2. The molecule has 29 heavy (non-hydrogen) atoms. The summed E-state index contributed by atoms with van der Waals surface area (Å²) in [5, 5.41) is 1.26. The summed E-state index contributed by atoms with van der Waals surface area (Å²) in [5.74, 6) is 1.57. The van der Waals surface area contributed by atoms with Gasteiger partial charge in [-0.15, -0.1) is 0 Å². The molecule has 2 aromatic carbocycles. The molecule has 0 aliphatic carbocycles. The molecule has 1 saturated heterocycles. The van der Waals surface area contributed by atoms with Gasteiger partial charge in [0.15, 0.2) is 11.5 Å². The van der Waals surface area contributed by atoms with Crippen molar-refractivity contribution in [3.63, 3.8) is 0 Å². The zero-order chi connectivity index (χ0) is 19.7. The topological polar surface area (TPSA) is 40.7 Å². The van der Waals surface area contributed by atoms with Crippen LogP contribution in [0.15, 0.2) is 42.5 Å². The first-order valence-electron chi connectivity index (χ1n) is 9.67. The van der Waals surface area contributed by atoms with Crippen molar-refractivity contribution >= 4 is 45.3 Å². The predicted octanol–water partition coefficient (Wildman–Crippen LogP) is 3.81. The van der Waals surface area contributed by atoms with Gasteiger partial charge in [0.1, 0.15) is 4.99 Å². The minimum atomic E-state index is -0.0372. The highest BCUT2D eigenvalue weighted by molar-refractivity contribution is 7.81. The van der Waals surface area contributed by atoms with Crippen LogP contribution >= 0.6 is 24.4 Å². The van der Waals surface area contributed by atoms with Crippen molar-refractivity contribution in [1.82, 2.24) is 14.8 Å². The van der Waals surface area contributed by atoms with E-state index in [-0.39, 0.29) is 18.9 Å². The number of aromatic amines is 1. The summed E-state index contributed by atoms with van der Waals surface area (Å²) in [6.45, 7) is 0.933. The molecule has 0 unspecified atom stereocenters. The predicted molar refractivity (Wildman–Crippen MR) is 120 cm³/mol. The summed E-state index contributed by atoms with van der Waals surface area (Å²) in [7, 11) is 2.03. The van der Waals surface area contributed by atoms with Crippen molar-refractivity contribution in [2.45, 2.75) is 18.5 Å². The Balaban J connectivity index is 1.59. The van der Waals surface area contributed by atoms with Crippen LogP contribution in [0.5, 0.6) is 11.5 Å². The van der Waals surface area contributed by atoms with E-state index in [0.29, 0.717) is 6.54 Å². The van der Waals surface area contributed by atoms with Gasteiger partial charge in [-0.25, -0.2) is 0 Å². The van der Waals surface area contributed by atoms with Crippen molar-refractivity contribution in [1.29, 1.82) is 0 Å². The number of fused-ring (bicyclic) bond motifs is 5. The van der Waals surface area contributed by atoms with Crippen LogP contribution in [0.1, 0.15) is 22.9 Å². The summed E-state index contributed by atoms with van der Waals surface area (Å²) in [5.41, 5.74) is 4.79. The first kappa shape index (κ1) is 17.2. The van der Waals surface area contributed by atoms with E-state index in [2.05, 4.69) is 51.2 Å². The molecule has 1 fully saturated rings. The lowest BCUT2D eigenvalue weighted by molar-refractivity contribution is 0.174. The van der Waals surface area contributed by atoms with Crippen LogP contribution < -0.4 is 9.47 Å². The molecule has 0 amide bonds. The molecule has 0 spiro atoms. The minimum absolute atomic E-state index is 0.0372. The quantitative estimate of drug-likeness (QED) is 0.603. The Kier molecular flexibility index (Phi) is 3.67. The number of hydrogen-bond acceptors (Lipinski definition) is 4. The lowest BCUT2D eigenvalue weighted by atomic mass is 9.86. The van der Waals surface area contributed by atoms with Crippen molar-refractivity contribution in [3.05, 3.63) is 59.3 Å². The number of thiocarbonyl (C=S) groups is 2. The fraction of sp³-hybridized carbons (Fsp3) is 0.273. The Morgan fingerprint density at radius 2 is 1.90 bits per heavy atom. The molecule has 3 aliphatic rings. The van der Waals surface area contributed by atoms with Gasteiger partial charge in [-0.2, -0.15) is 0 Å². The molecule has 0 saturated carbocycles. The van der Waals surface area contributed by atoms with E-state index in [4.69, 9.17) is 33.9 Å². The number of rotatable bonds is 1. The van der Waals surface area contributed by atoms with Crippen LogP contribution in [0.25, 0.3) is 10.9 Å². The number of piperazine rings is 1. The number of nitrogens with one attached hydrogen (secondary N) is 1. The third-order valence-corrected chi connectivity index (χ3v) is 7.09. The lowest BCUT2D eigenvalue weighted by Crippen LogP contribution is -2.60. The molecule has 3 aromatic rings. The molecule has 146 valence electrons. The standard InChI is InChI=1S/C22H19N3O2S2/c1-24-10-19(28)25-16(22(24)29)9-14-13-4-2-3-5-15(13)23-20(14)21(25)12-6-7-17-18(8-12)27-11-26-17/h2-8,16,21,23H,9-11H2,1H3/t16-,21-/m1/s1. The maximum Gasteiger partial charge on any atom is 0.231 e. The molecule has 0 radical (unpaired) electrons. The first-order chi connectivity index (χ1) is 14.1. The fourth-order valence-electron chi connectivity index (χ4n) is 4.84. The summed E-state index contributed by atoms with van der Waals surface area (Å²) in [4.78, 5) is 9.97. The van der Waals surface area contributed by atoms with E-state index >= 15 is 0 Å². The van der Waals surface area contributed by atoms with E-state index < -0.39 is 0 Å². The largest absolute Gasteiger partial charge is 0.454 e. The van der Waals surface area contributed by atoms with Gasteiger partial charge < -0.3 is 24.3 Å². The first-order valence-corrected chi connectivity index (χ1v) is 10.5. The minimum Gasteiger partial charge on any atom is -0.454 e. The SMILES string of the molecule is CN1CC(=S)N2[C@H](c3ccc4c(c3)OCO4)c3[nH]c4ccccc4c3C[C@@H]2C1=S. The molecule has 5 nitrogen and oxygen atoms in total. The smallest absolute Gasteiger partial charge is 0.231 e. The molecule has 6 rings (SSSR count). The number of nitrogens with zero attached hydrogens (tertiary/aromatic N) is 2. The Labute approximate surface area is 179 Å². The maximum atomic E-state index is 5.87. The number of para-hydroxylation sites is 1. The van der Waals surface area contributed by atoms with Gasteiger partial charge in [-0.3, -0.25) is 0 Å². The number of H-pyrrole nitrogens is 1. The van der Waals surface area contributed by atoms with E-state index in [1.165, 1.54) is 16.6 Å². The third kappa shape index (κ3) is 2.44. The Morgan fingerprint density at radius 3 is 2.79 bits per heavy atom. The van der Waals surface area contributed by atoms with Crippen LogP contribution in [0.3, 0.4) is 0 Å². The molecule has 3 aliphatic heterocycles. The average Bonchev–Trinajstić information content (AvgIpc) is 3.34. The zero-order valence-corrected chi connectivity index (χ0v) is 17.5. The second-order valence-corrected chi connectivity index (χ2v) is 8.68. The third-order valence-electron chi connectivity index (χ3n) is 6.17. The van der Waals surface area contributed by atoms with Gasteiger partial charge in [0.05, 0.1) is 23.6 Å². The highest BCUT2D eigenvalue weighted by Crippen LogP contribution is 2.45. The molecule has 2 atom stereocenters. The number of ether oxygens (including phenoxy) is 2. The molecule has 1 N–H and O–H groups in total. The Hall–Kier alpha value is -2.64. The normalized spacial score (nSPS) is 22.8. The van der Waals surface area contributed by atoms with Gasteiger partial charge in [0.25, 0.3) is 0 Å². The molecule has 1 aromatic heterocycles. The number of likely N-dealkylation sites (N-methyl/N-ethyl adjacent to an activating group) is 1. The summed E-state index contributed by atoms with van der Waals surface area (Å²) < 4.78 is 11.2. The molecule has 7 heteroatoms. The maximum absolute atomic E-state index is 5.87. The fourth-order valence-corrected chi connectivity index (χ4v) is 5.52. The van der Waals surface area contributed by atoms with Crippen molar-refractivity contribution in [2.24, 2.45) is 0 Å². The number of hydrogen-bond donors (Lipinski definition) is 1. The van der Waals surface area contributed by atoms with Crippen molar-refractivity contribution in [2.75, 3.05) is 20.4 Å². The average molecular weight is 422 g/mol.